The Labute approximate surface area is 214 Å². The molecule has 23 heteroatoms. The van der Waals surface area contributed by atoms with E-state index in [0.717, 1.165) is 16.0 Å². The van der Waals surface area contributed by atoms with Crippen molar-refractivity contribution >= 4 is 22.9 Å². The molecule has 0 saturated carbocycles. The molecule has 0 fully saturated rings. The van der Waals surface area contributed by atoms with Crippen LogP contribution in [0.25, 0.3) is 11.0 Å². The lowest BCUT2D eigenvalue weighted by molar-refractivity contribution is -0.548. The van der Waals surface area contributed by atoms with Crippen LogP contribution in [0.3, 0.4) is 0 Å². The van der Waals surface area contributed by atoms with Gasteiger partial charge in [0.1, 0.15) is 0 Å². The van der Waals surface area contributed by atoms with Gasteiger partial charge in [0, 0.05) is 6.54 Å². The molecule has 2 atom stereocenters. The Bertz CT molecular complexity index is 1270. The molecule has 234 valence electrons. The van der Waals surface area contributed by atoms with E-state index in [1.165, 1.54) is 29.9 Å². The minimum Gasteiger partial charge on any atom is -0.310 e. The molecule has 1 aromatic heterocycles. The minimum absolute atomic E-state index is 0.0194. The zero-order valence-corrected chi connectivity index (χ0v) is 19.1. The molecule has 0 aliphatic rings. The van der Waals surface area contributed by atoms with E-state index in [9.17, 15) is 79.4 Å². The highest BCUT2D eigenvalue weighted by molar-refractivity contribution is 5.97. The zero-order chi connectivity index (χ0) is 32.3. The van der Waals surface area contributed by atoms with Crippen LogP contribution in [-0.4, -0.2) is 63.8 Å². The number of benzene rings is 1. The van der Waals surface area contributed by atoms with E-state index in [2.05, 4.69) is 9.72 Å². The van der Waals surface area contributed by atoms with Gasteiger partial charge in [0.2, 0.25) is 5.95 Å². The first kappa shape index (κ1) is 34.1. The number of halogens is 17. The van der Waals surface area contributed by atoms with Gasteiger partial charge in [0.05, 0.1) is 11.0 Å². The second-order valence-corrected chi connectivity index (χ2v) is 7.62. The number of alkyl halides is 17. The van der Waals surface area contributed by atoms with Crippen molar-refractivity contribution in [3.8, 4) is 0 Å². The number of nitrogens with zero attached hydrogens (tertiary/aromatic N) is 2. The Kier molecular flexibility index (Phi) is 8.33. The standard InChI is InChI=1S/C18H10F17N3O3/c1-2-38-8-6-4-3-5-7(8)36-10(38)37-9(39)11(19,14(23,24)25)40-18(34,35)13(22,16(29,30)31)41-17(32,33)12(20,21)15(26,27)28/h3-6H,2H2,1H3,(H,36,37,39)/t11-,13+/m0/s1. The quantitative estimate of drug-likeness (QED) is 0.305. The van der Waals surface area contributed by atoms with Crippen LogP contribution < -0.4 is 5.32 Å². The molecule has 0 unspecified atom stereocenters. The first-order valence-electron chi connectivity index (χ1n) is 9.98. The summed E-state index contributed by atoms with van der Waals surface area (Å²) >= 11 is 0. The summed E-state index contributed by atoms with van der Waals surface area (Å²) in [6.45, 7) is 0.909. The molecule has 2 rings (SSSR count). The van der Waals surface area contributed by atoms with Crippen LogP contribution in [0, 0.1) is 0 Å². The number of carbonyl (C=O) groups is 1. The van der Waals surface area contributed by atoms with Crippen molar-refractivity contribution in [2.75, 3.05) is 5.32 Å². The van der Waals surface area contributed by atoms with Gasteiger partial charge in [0.15, 0.2) is 0 Å². The fraction of sp³-hybridized carbons (Fsp3) is 0.556. The summed E-state index contributed by atoms with van der Waals surface area (Å²) in [6.07, 6.45) is -38.7. The number of aryl methyl sites for hydroxylation is 1. The number of anilines is 1. The monoisotopic (exact) mass is 639 g/mol. The maximum Gasteiger partial charge on any atom is 0.462 e. The molecule has 2 aromatic rings. The van der Waals surface area contributed by atoms with E-state index >= 15 is 0 Å². The maximum absolute atomic E-state index is 14.8. The molecule has 1 heterocycles. The number of rotatable bonds is 9. The van der Waals surface area contributed by atoms with E-state index in [1.807, 2.05) is 0 Å². The summed E-state index contributed by atoms with van der Waals surface area (Å²) in [5.41, 5.74) is -0.178. The van der Waals surface area contributed by atoms with E-state index in [1.54, 1.807) is 0 Å². The van der Waals surface area contributed by atoms with E-state index in [0.29, 0.717) is 0 Å². The molecule has 1 amide bonds. The largest absolute Gasteiger partial charge is 0.462 e. The van der Waals surface area contributed by atoms with E-state index < -0.39 is 60.2 Å². The van der Waals surface area contributed by atoms with Crippen LogP contribution >= 0.6 is 0 Å². The SMILES string of the molecule is CCn1c(NC(=O)[C@](F)(OC(F)(F)[C@](F)(OC(F)(F)C(F)(F)C(F)(F)F)C(F)(F)F)C(F)(F)F)nc2ccccc21. The fourth-order valence-electron chi connectivity index (χ4n) is 2.84. The van der Waals surface area contributed by atoms with Gasteiger partial charge in [-0.1, -0.05) is 12.1 Å². The molecule has 0 bridgehead atoms. The lowest BCUT2D eigenvalue weighted by atomic mass is 10.2. The number of amides is 1. The molecule has 0 saturated heterocycles. The Balaban J connectivity index is 2.62. The van der Waals surface area contributed by atoms with Crippen molar-refractivity contribution in [1.82, 2.24) is 9.55 Å². The van der Waals surface area contributed by atoms with Crippen LogP contribution in [0.2, 0.25) is 0 Å². The highest BCUT2D eigenvalue weighted by atomic mass is 19.4. The highest BCUT2D eigenvalue weighted by Crippen LogP contribution is 2.56. The molecule has 0 aliphatic heterocycles. The molecule has 1 N–H and O–H groups in total. The van der Waals surface area contributed by atoms with E-state index in [4.69, 9.17) is 0 Å². The predicted molar refractivity (Wildman–Crippen MR) is 96.9 cm³/mol. The van der Waals surface area contributed by atoms with Crippen molar-refractivity contribution in [3.05, 3.63) is 24.3 Å². The molecule has 0 radical (unpaired) electrons. The van der Waals surface area contributed by atoms with Gasteiger partial charge in [-0.15, -0.1) is 0 Å². The van der Waals surface area contributed by atoms with Gasteiger partial charge >= 0.3 is 54.3 Å². The van der Waals surface area contributed by atoms with Gasteiger partial charge in [-0.05, 0) is 19.1 Å². The molecular formula is C18H10F17N3O3. The molecule has 1 aromatic carbocycles. The van der Waals surface area contributed by atoms with Gasteiger partial charge in [0.25, 0.3) is 0 Å². The summed E-state index contributed by atoms with van der Waals surface area (Å²) in [5, 5.41) is 0.901. The topological polar surface area (TPSA) is 65.4 Å². The third-order valence-electron chi connectivity index (χ3n) is 4.85. The molecule has 41 heavy (non-hydrogen) atoms. The lowest BCUT2D eigenvalue weighted by Gasteiger charge is -2.40. The van der Waals surface area contributed by atoms with Crippen molar-refractivity contribution in [2.45, 2.75) is 61.8 Å². The zero-order valence-electron chi connectivity index (χ0n) is 19.1. The van der Waals surface area contributed by atoms with Gasteiger partial charge < -0.3 is 4.57 Å². The average Bonchev–Trinajstić information content (AvgIpc) is 3.12. The summed E-state index contributed by atoms with van der Waals surface area (Å²) in [6, 6.07) is 4.92. The second kappa shape index (κ2) is 10.0. The summed E-state index contributed by atoms with van der Waals surface area (Å²) in [5.74, 6) is -27.5. The Morgan fingerprint density at radius 1 is 0.756 bits per heavy atom. The summed E-state index contributed by atoms with van der Waals surface area (Å²) in [7, 11) is 0. The Morgan fingerprint density at radius 2 is 1.27 bits per heavy atom. The van der Waals surface area contributed by atoms with Crippen LogP contribution in [0.15, 0.2) is 24.3 Å². The van der Waals surface area contributed by atoms with Gasteiger partial charge in [-0.25, -0.2) is 4.98 Å². The van der Waals surface area contributed by atoms with Crippen LogP contribution in [0.1, 0.15) is 6.92 Å². The number of imidazole rings is 1. The maximum atomic E-state index is 14.8. The fourth-order valence-corrected chi connectivity index (χ4v) is 2.84. The molecule has 0 aliphatic carbocycles. The second-order valence-electron chi connectivity index (χ2n) is 7.62. The summed E-state index contributed by atoms with van der Waals surface area (Å²) in [4.78, 5) is 15.6. The van der Waals surface area contributed by atoms with Crippen LogP contribution in [0.5, 0.6) is 0 Å². The molecular weight excluding hydrogens is 629 g/mol. The van der Waals surface area contributed by atoms with Crippen molar-refractivity contribution < 1.29 is 88.9 Å². The van der Waals surface area contributed by atoms with E-state index in [-0.39, 0.29) is 17.6 Å². The Hall–Kier alpha value is -3.11. The number of hydrogen-bond donors (Lipinski definition) is 1. The van der Waals surface area contributed by atoms with Gasteiger partial charge in [-0.3, -0.25) is 19.6 Å². The van der Waals surface area contributed by atoms with Crippen molar-refractivity contribution in [2.24, 2.45) is 0 Å². The third-order valence-corrected chi connectivity index (χ3v) is 4.85. The predicted octanol–water partition coefficient (Wildman–Crippen LogP) is 6.87. The molecule has 0 spiro atoms. The normalized spacial score (nSPS) is 17.3. The Morgan fingerprint density at radius 3 is 1.71 bits per heavy atom. The minimum atomic E-state index is -8.09. The first-order valence-corrected chi connectivity index (χ1v) is 9.98. The number of fused-ring (bicyclic) bond motifs is 1. The average molecular weight is 639 g/mol. The number of nitrogens with one attached hydrogen (secondary N) is 1. The number of para-hydroxylation sites is 2. The number of carbonyl (C=O) groups excluding carboxylic acids is 1. The van der Waals surface area contributed by atoms with Crippen LogP contribution in [0.4, 0.5) is 80.6 Å². The van der Waals surface area contributed by atoms with Crippen molar-refractivity contribution in [1.29, 1.82) is 0 Å². The number of ether oxygens (including phenoxy) is 2. The summed E-state index contributed by atoms with van der Waals surface area (Å²) < 4.78 is 230. The smallest absolute Gasteiger partial charge is 0.310 e. The third kappa shape index (κ3) is 5.68. The molecule has 6 nitrogen and oxygen atoms in total. The van der Waals surface area contributed by atoms with Crippen molar-refractivity contribution in [3.63, 3.8) is 0 Å². The van der Waals surface area contributed by atoms with Gasteiger partial charge in [-0.2, -0.15) is 74.6 Å². The number of hydrogen-bond acceptors (Lipinski definition) is 4. The first-order chi connectivity index (χ1) is 18.1. The van der Waals surface area contributed by atoms with Crippen LogP contribution in [-0.2, 0) is 20.8 Å². The highest BCUT2D eigenvalue weighted by Gasteiger charge is 2.85. The number of aromatic nitrogens is 2. The lowest BCUT2D eigenvalue weighted by Crippen LogP contribution is -2.68.